The molecule has 1 saturated heterocycles. The summed E-state index contributed by atoms with van der Waals surface area (Å²) in [4.78, 5) is 26.4. The SMILES string of the molecule is COC(=O)c1c(NC(=O)c2ccc(S(=O)(=O)N3CC(C)CC(C)C3)cc2)sc2c1CCC2. The summed E-state index contributed by atoms with van der Waals surface area (Å²) in [6.45, 7) is 5.14. The van der Waals surface area contributed by atoms with Crippen LogP contribution in [0.15, 0.2) is 29.2 Å². The maximum Gasteiger partial charge on any atom is 0.341 e. The van der Waals surface area contributed by atoms with Crippen LogP contribution in [0.4, 0.5) is 5.00 Å². The molecule has 2 heterocycles. The van der Waals surface area contributed by atoms with Crippen molar-refractivity contribution in [3.63, 3.8) is 0 Å². The van der Waals surface area contributed by atoms with E-state index in [-0.39, 0.29) is 10.8 Å². The third kappa shape index (κ3) is 4.33. The van der Waals surface area contributed by atoms with Gasteiger partial charge in [-0.15, -0.1) is 11.3 Å². The fourth-order valence-electron chi connectivity index (χ4n) is 4.71. The number of sulfonamides is 1. The van der Waals surface area contributed by atoms with E-state index in [2.05, 4.69) is 19.2 Å². The summed E-state index contributed by atoms with van der Waals surface area (Å²) in [6.07, 6.45) is 3.70. The van der Waals surface area contributed by atoms with E-state index >= 15 is 0 Å². The molecule has 32 heavy (non-hydrogen) atoms. The summed E-state index contributed by atoms with van der Waals surface area (Å²) < 4.78 is 32.6. The van der Waals surface area contributed by atoms with Crippen LogP contribution in [-0.4, -0.2) is 44.8 Å². The highest BCUT2D eigenvalue weighted by molar-refractivity contribution is 7.89. The number of anilines is 1. The molecule has 1 aliphatic carbocycles. The Morgan fingerprint density at radius 2 is 1.75 bits per heavy atom. The Bertz CT molecular complexity index is 1130. The zero-order valence-electron chi connectivity index (χ0n) is 18.5. The molecule has 1 amide bonds. The summed E-state index contributed by atoms with van der Waals surface area (Å²) in [5.74, 6) is -0.213. The second kappa shape index (κ2) is 8.96. The van der Waals surface area contributed by atoms with Crippen molar-refractivity contribution in [3.8, 4) is 0 Å². The number of amides is 1. The molecule has 2 aromatic rings. The van der Waals surface area contributed by atoms with Gasteiger partial charge in [-0.1, -0.05) is 13.8 Å². The van der Waals surface area contributed by atoms with E-state index in [9.17, 15) is 18.0 Å². The van der Waals surface area contributed by atoms with Crippen molar-refractivity contribution in [2.75, 3.05) is 25.5 Å². The van der Waals surface area contributed by atoms with Gasteiger partial charge in [-0.05, 0) is 67.3 Å². The number of methoxy groups -OCH3 is 1. The minimum Gasteiger partial charge on any atom is -0.465 e. The van der Waals surface area contributed by atoms with E-state index in [0.29, 0.717) is 41.1 Å². The van der Waals surface area contributed by atoms with Gasteiger partial charge in [0, 0.05) is 23.5 Å². The van der Waals surface area contributed by atoms with Crippen LogP contribution in [0.2, 0.25) is 0 Å². The van der Waals surface area contributed by atoms with E-state index in [4.69, 9.17) is 4.74 Å². The molecule has 172 valence electrons. The molecule has 4 rings (SSSR count). The van der Waals surface area contributed by atoms with Crippen molar-refractivity contribution < 1.29 is 22.7 Å². The molecular weight excluding hydrogens is 448 g/mol. The molecule has 0 radical (unpaired) electrons. The fourth-order valence-corrected chi connectivity index (χ4v) is 7.67. The number of hydrogen-bond donors (Lipinski definition) is 1. The minimum absolute atomic E-state index is 0.181. The van der Waals surface area contributed by atoms with Gasteiger partial charge in [0.2, 0.25) is 10.0 Å². The first-order valence-corrected chi connectivity index (χ1v) is 13.1. The predicted molar refractivity (Wildman–Crippen MR) is 124 cm³/mol. The van der Waals surface area contributed by atoms with Crippen LogP contribution in [0, 0.1) is 11.8 Å². The lowest BCUT2D eigenvalue weighted by Gasteiger charge is -2.34. The van der Waals surface area contributed by atoms with Crippen LogP contribution in [-0.2, 0) is 27.6 Å². The Morgan fingerprint density at radius 3 is 2.38 bits per heavy atom. The van der Waals surface area contributed by atoms with Gasteiger partial charge in [0.15, 0.2) is 0 Å². The second-order valence-electron chi connectivity index (χ2n) is 8.80. The Balaban J connectivity index is 1.53. The van der Waals surface area contributed by atoms with Crippen LogP contribution in [0.5, 0.6) is 0 Å². The van der Waals surface area contributed by atoms with Crippen LogP contribution in [0.25, 0.3) is 0 Å². The first kappa shape index (κ1) is 22.9. The van der Waals surface area contributed by atoms with Crippen molar-refractivity contribution in [2.24, 2.45) is 11.8 Å². The Morgan fingerprint density at radius 1 is 1.09 bits per heavy atom. The molecule has 1 N–H and O–H groups in total. The number of benzene rings is 1. The Labute approximate surface area is 192 Å². The molecule has 2 atom stereocenters. The second-order valence-corrected chi connectivity index (χ2v) is 11.8. The first-order valence-electron chi connectivity index (χ1n) is 10.8. The van der Waals surface area contributed by atoms with Crippen molar-refractivity contribution >= 4 is 38.2 Å². The standard InChI is InChI=1S/C23H28N2O5S2/c1-14-11-15(2)13-25(12-14)32(28,29)17-9-7-16(8-10-17)21(26)24-22-20(23(27)30-3)18-5-4-6-19(18)31-22/h7-10,14-15H,4-6,11-13H2,1-3H3,(H,24,26). The zero-order chi connectivity index (χ0) is 23.0. The van der Waals surface area contributed by atoms with E-state index in [1.54, 1.807) is 0 Å². The van der Waals surface area contributed by atoms with Crippen LogP contribution in [0.3, 0.4) is 0 Å². The predicted octanol–water partition coefficient (Wildman–Crippen LogP) is 3.94. The van der Waals surface area contributed by atoms with Gasteiger partial charge in [0.1, 0.15) is 5.00 Å². The van der Waals surface area contributed by atoms with Crippen molar-refractivity contribution in [1.29, 1.82) is 0 Å². The number of thiophene rings is 1. The van der Waals surface area contributed by atoms with Gasteiger partial charge < -0.3 is 10.1 Å². The number of ether oxygens (including phenoxy) is 1. The highest BCUT2D eigenvalue weighted by atomic mass is 32.2. The smallest absolute Gasteiger partial charge is 0.341 e. The molecule has 1 aliphatic heterocycles. The molecule has 0 bridgehead atoms. The number of rotatable bonds is 5. The molecule has 9 heteroatoms. The highest BCUT2D eigenvalue weighted by Crippen LogP contribution is 2.39. The van der Waals surface area contributed by atoms with Crippen molar-refractivity contribution in [1.82, 2.24) is 4.31 Å². The Hall–Kier alpha value is -2.23. The maximum atomic E-state index is 13.1. The number of fused-ring (bicyclic) bond motifs is 1. The van der Waals surface area contributed by atoms with Gasteiger partial charge >= 0.3 is 5.97 Å². The number of piperidine rings is 1. The molecular formula is C23H28N2O5S2. The monoisotopic (exact) mass is 476 g/mol. The number of hydrogen-bond acceptors (Lipinski definition) is 6. The lowest BCUT2D eigenvalue weighted by atomic mass is 9.94. The number of aryl methyl sites for hydroxylation is 1. The van der Waals surface area contributed by atoms with E-state index < -0.39 is 16.0 Å². The van der Waals surface area contributed by atoms with Crippen LogP contribution >= 0.6 is 11.3 Å². The molecule has 7 nitrogen and oxygen atoms in total. The first-order chi connectivity index (χ1) is 15.2. The Kier molecular flexibility index (Phi) is 6.42. The highest BCUT2D eigenvalue weighted by Gasteiger charge is 2.32. The molecule has 1 fully saturated rings. The molecule has 0 saturated carbocycles. The molecule has 0 spiro atoms. The lowest BCUT2D eigenvalue weighted by molar-refractivity contribution is 0.0601. The van der Waals surface area contributed by atoms with Gasteiger partial charge in [-0.2, -0.15) is 4.31 Å². The van der Waals surface area contributed by atoms with Gasteiger partial charge in [0.25, 0.3) is 5.91 Å². The number of esters is 1. The van der Waals surface area contributed by atoms with Gasteiger partial charge in [-0.3, -0.25) is 4.79 Å². The fraction of sp³-hybridized carbons (Fsp3) is 0.478. The summed E-state index contributed by atoms with van der Waals surface area (Å²) in [5.41, 5.74) is 1.73. The quantitative estimate of drug-likeness (QED) is 0.660. The third-order valence-electron chi connectivity index (χ3n) is 6.13. The topological polar surface area (TPSA) is 92.8 Å². The van der Waals surface area contributed by atoms with Crippen LogP contribution in [0.1, 0.15) is 57.8 Å². The summed E-state index contributed by atoms with van der Waals surface area (Å²) in [6, 6.07) is 5.98. The zero-order valence-corrected chi connectivity index (χ0v) is 20.1. The molecule has 1 aromatic carbocycles. The third-order valence-corrected chi connectivity index (χ3v) is 9.18. The van der Waals surface area contributed by atoms with Crippen molar-refractivity contribution in [2.45, 2.75) is 44.4 Å². The van der Waals surface area contributed by atoms with Gasteiger partial charge in [-0.25, -0.2) is 13.2 Å². The average Bonchev–Trinajstić information content (AvgIpc) is 3.33. The lowest BCUT2D eigenvalue weighted by Crippen LogP contribution is -2.42. The number of carbonyl (C=O) groups is 2. The molecule has 1 aromatic heterocycles. The molecule has 2 unspecified atom stereocenters. The van der Waals surface area contributed by atoms with E-state index in [0.717, 1.165) is 36.1 Å². The maximum absolute atomic E-state index is 13.1. The van der Waals surface area contributed by atoms with Crippen molar-refractivity contribution in [3.05, 3.63) is 45.8 Å². The van der Waals surface area contributed by atoms with Gasteiger partial charge in [0.05, 0.1) is 17.6 Å². The summed E-state index contributed by atoms with van der Waals surface area (Å²) in [5, 5.41) is 3.31. The van der Waals surface area contributed by atoms with E-state index in [1.165, 1.54) is 47.0 Å². The number of carbonyl (C=O) groups excluding carboxylic acids is 2. The average molecular weight is 477 g/mol. The number of nitrogens with one attached hydrogen (secondary N) is 1. The summed E-state index contributed by atoms with van der Waals surface area (Å²) in [7, 11) is -2.28. The summed E-state index contributed by atoms with van der Waals surface area (Å²) >= 11 is 1.41. The minimum atomic E-state index is -3.61. The normalized spacial score (nSPS) is 21.2. The van der Waals surface area contributed by atoms with Crippen LogP contribution < -0.4 is 5.32 Å². The number of nitrogens with zero attached hydrogens (tertiary/aromatic N) is 1. The van der Waals surface area contributed by atoms with E-state index in [1.807, 2.05) is 0 Å². The molecule has 2 aliphatic rings. The largest absolute Gasteiger partial charge is 0.465 e.